The van der Waals surface area contributed by atoms with Crippen LogP contribution in [0.1, 0.15) is 30.6 Å². The Morgan fingerprint density at radius 3 is 2.62 bits per heavy atom. The second kappa shape index (κ2) is 10.2. The van der Waals surface area contributed by atoms with E-state index < -0.39 is 0 Å². The van der Waals surface area contributed by atoms with E-state index in [1.165, 1.54) is 11.8 Å². The zero-order valence-corrected chi connectivity index (χ0v) is 17.5. The van der Waals surface area contributed by atoms with Crippen LogP contribution in [-0.4, -0.2) is 37.3 Å². The summed E-state index contributed by atoms with van der Waals surface area (Å²) in [5.41, 5.74) is 0.972. The molecule has 0 aromatic heterocycles. The second-order valence-electron chi connectivity index (χ2n) is 7.15. The summed E-state index contributed by atoms with van der Waals surface area (Å²) in [5.74, 6) is 1.66. The summed E-state index contributed by atoms with van der Waals surface area (Å²) < 4.78 is 11.3. The molecular formula is C22H26N2O4S. The Hall–Kier alpha value is -2.67. The maximum atomic E-state index is 12.5. The molecule has 0 saturated heterocycles. The third kappa shape index (κ3) is 6.15. The van der Waals surface area contributed by atoms with Crippen LogP contribution >= 0.6 is 11.8 Å². The zero-order valence-electron chi connectivity index (χ0n) is 16.7. The number of hydrogen-bond donors (Lipinski definition) is 2. The van der Waals surface area contributed by atoms with E-state index in [0.717, 1.165) is 17.1 Å². The topological polar surface area (TPSA) is 76.7 Å². The summed E-state index contributed by atoms with van der Waals surface area (Å²) in [6, 6.07) is 12.7. The number of benzene rings is 2. The van der Waals surface area contributed by atoms with Gasteiger partial charge in [-0.05, 0) is 36.2 Å². The van der Waals surface area contributed by atoms with Crippen molar-refractivity contribution in [3.05, 3.63) is 48.0 Å². The Balaban J connectivity index is 1.59. The fraction of sp³-hybridized carbons (Fsp3) is 0.364. The maximum absolute atomic E-state index is 12.5. The summed E-state index contributed by atoms with van der Waals surface area (Å²) in [6.07, 6.45) is 0.851. The van der Waals surface area contributed by atoms with Gasteiger partial charge in [0, 0.05) is 17.9 Å². The van der Waals surface area contributed by atoms with E-state index in [1.54, 1.807) is 24.3 Å². The zero-order chi connectivity index (χ0) is 20.6. The average Bonchev–Trinajstić information content (AvgIpc) is 2.96. The van der Waals surface area contributed by atoms with E-state index in [4.69, 9.17) is 9.47 Å². The molecule has 29 heavy (non-hydrogen) atoms. The molecule has 154 valence electrons. The SMILES string of the molecule is CC(C)CNC(=O)c1ccccc1NC(=O)CSc1ccc2c(c1)OCCCO2. The fourth-order valence-electron chi connectivity index (χ4n) is 2.75. The van der Waals surface area contributed by atoms with Crippen LogP contribution in [0.2, 0.25) is 0 Å². The van der Waals surface area contributed by atoms with Gasteiger partial charge in [-0.2, -0.15) is 0 Å². The van der Waals surface area contributed by atoms with Gasteiger partial charge in [-0.15, -0.1) is 11.8 Å². The molecule has 0 aliphatic carbocycles. The first-order valence-corrected chi connectivity index (χ1v) is 10.7. The predicted molar refractivity (Wildman–Crippen MR) is 115 cm³/mol. The van der Waals surface area contributed by atoms with Crippen molar-refractivity contribution in [2.24, 2.45) is 5.92 Å². The van der Waals surface area contributed by atoms with Gasteiger partial charge in [0.05, 0.1) is 30.2 Å². The van der Waals surface area contributed by atoms with E-state index in [0.29, 0.717) is 42.7 Å². The first-order valence-electron chi connectivity index (χ1n) is 9.72. The van der Waals surface area contributed by atoms with Gasteiger partial charge < -0.3 is 20.1 Å². The van der Waals surface area contributed by atoms with Crippen LogP contribution in [0.25, 0.3) is 0 Å². The van der Waals surface area contributed by atoms with Crippen LogP contribution < -0.4 is 20.1 Å². The molecule has 6 nitrogen and oxygen atoms in total. The summed E-state index contributed by atoms with van der Waals surface area (Å²) in [5, 5.41) is 5.73. The molecule has 0 spiro atoms. The Kier molecular flexibility index (Phi) is 7.41. The first-order chi connectivity index (χ1) is 14.0. The molecule has 0 radical (unpaired) electrons. The molecule has 0 bridgehead atoms. The number of fused-ring (bicyclic) bond motifs is 1. The quantitative estimate of drug-likeness (QED) is 0.671. The monoisotopic (exact) mass is 414 g/mol. The third-order valence-corrected chi connectivity index (χ3v) is 5.20. The number of carbonyl (C=O) groups is 2. The Morgan fingerprint density at radius 2 is 1.83 bits per heavy atom. The van der Waals surface area contributed by atoms with Crippen LogP contribution in [0.4, 0.5) is 5.69 Å². The number of rotatable bonds is 7. The molecule has 1 aliphatic rings. The molecule has 2 N–H and O–H groups in total. The number of ether oxygens (including phenoxy) is 2. The number of thioether (sulfide) groups is 1. The van der Waals surface area contributed by atoms with Gasteiger partial charge in [0.25, 0.3) is 5.91 Å². The minimum atomic E-state index is -0.190. The van der Waals surface area contributed by atoms with Crippen LogP contribution in [0.5, 0.6) is 11.5 Å². The van der Waals surface area contributed by atoms with Gasteiger partial charge in [0.1, 0.15) is 0 Å². The van der Waals surface area contributed by atoms with E-state index in [9.17, 15) is 9.59 Å². The summed E-state index contributed by atoms with van der Waals surface area (Å²) in [6.45, 7) is 5.92. The van der Waals surface area contributed by atoms with Crippen molar-refractivity contribution in [1.82, 2.24) is 5.32 Å². The van der Waals surface area contributed by atoms with E-state index >= 15 is 0 Å². The molecule has 7 heteroatoms. The molecule has 1 aliphatic heterocycles. The number of amides is 2. The molecule has 3 rings (SSSR count). The Morgan fingerprint density at radius 1 is 1.07 bits per heavy atom. The van der Waals surface area contributed by atoms with Crippen LogP contribution in [0.15, 0.2) is 47.4 Å². The van der Waals surface area contributed by atoms with Crippen LogP contribution in [-0.2, 0) is 4.79 Å². The van der Waals surface area contributed by atoms with Crippen molar-refractivity contribution in [2.45, 2.75) is 25.2 Å². The summed E-state index contributed by atoms with van der Waals surface area (Å²) >= 11 is 1.41. The molecule has 2 amide bonds. The molecule has 0 fully saturated rings. The van der Waals surface area contributed by atoms with Crippen molar-refractivity contribution in [1.29, 1.82) is 0 Å². The largest absolute Gasteiger partial charge is 0.490 e. The van der Waals surface area contributed by atoms with Crippen molar-refractivity contribution in [3.63, 3.8) is 0 Å². The Labute approximate surface area is 175 Å². The van der Waals surface area contributed by atoms with Gasteiger partial charge in [-0.1, -0.05) is 26.0 Å². The van der Waals surface area contributed by atoms with E-state index in [1.807, 2.05) is 32.0 Å². The smallest absolute Gasteiger partial charge is 0.253 e. The van der Waals surface area contributed by atoms with Crippen molar-refractivity contribution < 1.29 is 19.1 Å². The van der Waals surface area contributed by atoms with E-state index in [-0.39, 0.29) is 17.6 Å². The fourth-order valence-corrected chi connectivity index (χ4v) is 3.48. The summed E-state index contributed by atoms with van der Waals surface area (Å²) in [7, 11) is 0. The first kappa shape index (κ1) is 21.0. The lowest BCUT2D eigenvalue weighted by Gasteiger charge is -2.13. The second-order valence-corrected chi connectivity index (χ2v) is 8.19. The normalized spacial score (nSPS) is 12.9. The molecule has 0 unspecified atom stereocenters. The number of hydrogen-bond acceptors (Lipinski definition) is 5. The highest BCUT2D eigenvalue weighted by molar-refractivity contribution is 8.00. The van der Waals surface area contributed by atoms with Crippen molar-refractivity contribution in [3.8, 4) is 11.5 Å². The van der Waals surface area contributed by atoms with Gasteiger partial charge in [0.2, 0.25) is 5.91 Å². The molecule has 0 saturated carbocycles. The Bertz CT molecular complexity index is 870. The van der Waals surface area contributed by atoms with Gasteiger partial charge >= 0.3 is 0 Å². The highest BCUT2D eigenvalue weighted by atomic mass is 32.2. The number of para-hydroxylation sites is 1. The highest BCUT2D eigenvalue weighted by Gasteiger charge is 2.15. The molecular weight excluding hydrogens is 388 g/mol. The average molecular weight is 415 g/mol. The highest BCUT2D eigenvalue weighted by Crippen LogP contribution is 2.33. The number of carbonyl (C=O) groups excluding carboxylic acids is 2. The van der Waals surface area contributed by atoms with Crippen molar-refractivity contribution >= 4 is 29.3 Å². The van der Waals surface area contributed by atoms with E-state index in [2.05, 4.69) is 10.6 Å². The third-order valence-electron chi connectivity index (χ3n) is 4.21. The lowest BCUT2D eigenvalue weighted by atomic mass is 10.1. The number of anilines is 1. The molecule has 2 aromatic rings. The minimum absolute atomic E-state index is 0.175. The van der Waals surface area contributed by atoms with Crippen LogP contribution in [0.3, 0.4) is 0 Å². The molecule has 1 heterocycles. The molecule has 0 atom stereocenters. The lowest BCUT2D eigenvalue weighted by Crippen LogP contribution is -2.28. The van der Waals surface area contributed by atoms with Crippen LogP contribution in [0, 0.1) is 5.92 Å². The lowest BCUT2D eigenvalue weighted by molar-refractivity contribution is -0.113. The number of nitrogens with one attached hydrogen (secondary N) is 2. The van der Waals surface area contributed by atoms with Gasteiger partial charge in [0.15, 0.2) is 11.5 Å². The van der Waals surface area contributed by atoms with Gasteiger partial charge in [-0.25, -0.2) is 0 Å². The summed E-state index contributed by atoms with van der Waals surface area (Å²) in [4.78, 5) is 25.8. The molecule has 2 aromatic carbocycles. The van der Waals surface area contributed by atoms with Gasteiger partial charge in [-0.3, -0.25) is 9.59 Å². The predicted octanol–water partition coefficient (Wildman–Crippen LogP) is 3.96. The maximum Gasteiger partial charge on any atom is 0.253 e. The van der Waals surface area contributed by atoms with Crippen molar-refractivity contribution in [2.75, 3.05) is 30.8 Å². The standard InChI is InChI=1S/C22H26N2O4S/c1-15(2)13-23-22(26)17-6-3-4-7-18(17)24-21(25)14-29-16-8-9-19-20(12-16)28-11-5-10-27-19/h3-4,6-9,12,15H,5,10-11,13-14H2,1-2H3,(H,23,26)(H,24,25). The minimum Gasteiger partial charge on any atom is -0.490 e.